The Morgan fingerprint density at radius 1 is 0.913 bits per heavy atom. The molecule has 0 radical (unpaired) electrons. The highest BCUT2D eigenvalue weighted by Gasteiger charge is 2.67. The summed E-state index contributed by atoms with van der Waals surface area (Å²) in [7, 11) is 1.42. The fourth-order valence-corrected chi connectivity index (χ4v) is 8.63. The molecule has 11 heteroatoms. The minimum Gasteiger partial charge on any atom is -0.503 e. The average Bonchev–Trinajstić information content (AvgIpc) is 3.42. The lowest BCUT2D eigenvalue weighted by molar-refractivity contribution is -0.131. The number of nitrogens with zero attached hydrogens (tertiary/aromatic N) is 2. The van der Waals surface area contributed by atoms with Gasteiger partial charge in [0.25, 0.3) is 0 Å². The van der Waals surface area contributed by atoms with E-state index in [-0.39, 0.29) is 47.4 Å². The highest BCUT2D eigenvalue weighted by Crippen LogP contribution is 2.64. The maximum Gasteiger partial charge on any atom is 0.335 e. The zero-order valence-electron chi connectivity index (χ0n) is 24.8. The first-order valence-electron chi connectivity index (χ1n) is 14.9. The zero-order valence-corrected chi connectivity index (χ0v) is 26.4. The van der Waals surface area contributed by atoms with Crippen molar-refractivity contribution in [1.29, 1.82) is 0 Å². The van der Waals surface area contributed by atoms with Crippen molar-refractivity contribution in [3.63, 3.8) is 0 Å². The number of phenols is 1. The van der Waals surface area contributed by atoms with Crippen LogP contribution < -0.4 is 14.5 Å². The van der Waals surface area contributed by atoms with Gasteiger partial charge in [0.05, 0.1) is 51.7 Å². The SMILES string of the molecule is COc1cc([C@H]2C3=CC[C@@H]4C(=O)N(c5cccc(C(=O)O)c5)C(=O)[C@@H]4[C@@H]3C[C@H]3C(=O)N(c4ccccc4)C(=O)[C@@]23C)cc(Br)c1O. The van der Waals surface area contributed by atoms with Gasteiger partial charge < -0.3 is 14.9 Å². The molecule has 0 bridgehead atoms. The van der Waals surface area contributed by atoms with Crippen LogP contribution in [0.3, 0.4) is 0 Å². The molecule has 3 fully saturated rings. The van der Waals surface area contributed by atoms with Crippen LogP contribution in [0.5, 0.6) is 11.5 Å². The van der Waals surface area contributed by atoms with E-state index in [1.54, 1.807) is 49.4 Å². The van der Waals surface area contributed by atoms with Crippen molar-refractivity contribution >= 4 is 56.9 Å². The van der Waals surface area contributed by atoms with Crippen molar-refractivity contribution in [3.8, 4) is 11.5 Å². The summed E-state index contributed by atoms with van der Waals surface area (Å²) in [6.45, 7) is 1.78. The van der Waals surface area contributed by atoms with E-state index in [1.807, 2.05) is 6.08 Å². The summed E-state index contributed by atoms with van der Waals surface area (Å²) in [5.41, 5.74) is 0.703. The van der Waals surface area contributed by atoms with Crippen molar-refractivity contribution in [1.82, 2.24) is 0 Å². The Balaban J connectivity index is 1.38. The molecular weight excluding hydrogens is 656 g/mol. The van der Waals surface area contributed by atoms with Gasteiger partial charge in [0.15, 0.2) is 11.5 Å². The lowest BCUT2D eigenvalue weighted by Gasteiger charge is -2.49. The lowest BCUT2D eigenvalue weighted by Crippen LogP contribution is -2.48. The number of para-hydroxylation sites is 1. The van der Waals surface area contributed by atoms with Crippen molar-refractivity contribution in [2.24, 2.45) is 29.1 Å². The molecule has 234 valence electrons. The predicted molar refractivity (Wildman–Crippen MR) is 169 cm³/mol. The summed E-state index contributed by atoms with van der Waals surface area (Å²) < 4.78 is 5.80. The largest absolute Gasteiger partial charge is 0.503 e. The molecule has 6 atom stereocenters. The van der Waals surface area contributed by atoms with Gasteiger partial charge in [-0.25, -0.2) is 9.69 Å². The van der Waals surface area contributed by atoms with Crippen molar-refractivity contribution in [2.75, 3.05) is 16.9 Å². The molecule has 46 heavy (non-hydrogen) atoms. The highest BCUT2D eigenvalue weighted by molar-refractivity contribution is 9.10. The fourth-order valence-electron chi connectivity index (χ4n) is 8.17. The van der Waals surface area contributed by atoms with Crippen molar-refractivity contribution in [2.45, 2.75) is 25.7 Å². The third kappa shape index (κ3) is 4.10. The first-order chi connectivity index (χ1) is 22.0. The lowest BCUT2D eigenvalue weighted by atomic mass is 9.51. The van der Waals surface area contributed by atoms with Gasteiger partial charge in [-0.2, -0.15) is 0 Å². The second-order valence-corrected chi connectivity index (χ2v) is 13.3. The monoisotopic (exact) mass is 684 g/mol. The van der Waals surface area contributed by atoms with Crippen LogP contribution in [-0.4, -0.2) is 46.9 Å². The maximum atomic E-state index is 14.5. The number of aromatic carboxylic acids is 1. The zero-order chi connectivity index (χ0) is 32.7. The number of anilines is 2. The third-order valence-electron chi connectivity index (χ3n) is 10.2. The van der Waals surface area contributed by atoms with Crippen molar-refractivity contribution in [3.05, 3.63) is 94.0 Å². The van der Waals surface area contributed by atoms with E-state index >= 15 is 0 Å². The minimum atomic E-state index is -1.26. The minimum absolute atomic E-state index is 0.0526. The number of hydrogen-bond acceptors (Lipinski definition) is 7. The number of carbonyl (C=O) groups is 5. The van der Waals surface area contributed by atoms with Crippen LogP contribution in [0.1, 0.15) is 41.6 Å². The second kappa shape index (κ2) is 10.7. The Morgan fingerprint density at radius 3 is 2.33 bits per heavy atom. The van der Waals surface area contributed by atoms with Crippen LogP contribution in [0.4, 0.5) is 11.4 Å². The van der Waals surface area contributed by atoms with Gasteiger partial charge >= 0.3 is 5.97 Å². The van der Waals surface area contributed by atoms with Gasteiger partial charge in [0.2, 0.25) is 23.6 Å². The topological polar surface area (TPSA) is 142 Å². The van der Waals surface area contributed by atoms with Crippen molar-refractivity contribution < 1.29 is 38.9 Å². The number of aromatic hydroxyl groups is 1. The normalized spacial score (nSPS) is 28.5. The number of amides is 4. The van der Waals surface area contributed by atoms with E-state index in [1.165, 1.54) is 36.3 Å². The van der Waals surface area contributed by atoms with Gasteiger partial charge in [-0.3, -0.25) is 24.1 Å². The number of methoxy groups -OCH3 is 1. The van der Waals surface area contributed by atoms with Gasteiger partial charge in [0.1, 0.15) is 0 Å². The van der Waals surface area contributed by atoms with Crippen LogP contribution >= 0.6 is 15.9 Å². The number of hydrogen-bond donors (Lipinski definition) is 2. The molecule has 10 nitrogen and oxygen atoms in total. The summed E-state index contributed by atoms with van der Waals surface area (Å²) >= 11 is 3.41. The number of phenolic OH excluding ortho intramolecular Hbond substituents is 1. The third-order valence-corrected chi connectivity index (χ3v) is 10.8. The molecule has 2 saturated heterocycles. The predicted octanol–water partition coefficient (Wildman–Crippen LogP) is 5.30. The molecule has 2 heterocycles. The average molecular weight is 686 g/mol. The number of carbonyl (C=O) groups excluding carboxylic acids is 4. The van der Waals surface area contributed by atoms with E-state index in [2.05, 4.69) is 15.9 Å². The Morgan fingerprint density at radius 2 is 1.63 bits per heavy atom. The molecule has 3 aromatic carbocycles. The smallest absolute Gasteiger partial charge is 0.335 e. The summed E-state index contributed by atoms with van der Waals surface area (Å²) in [5.74, 6) is -6.36. The number of rotatable bonds is 5. The first-order valence-corrected chi connectivity index (χ1v) is 15.7. The van der Waals surface area contributed by atoms with E-state index in [4.69, 9.17) is 4.74 Å². The number of carboxylic acid groups (broad SMARTS) is 1. The number of benzene rings is 3. The van der Waals surface area contributed by atoms with Crippen LogP contribution in [0.25, 0.3) is 0 Å². The number of carboxylic acids is 1. The van der Waals surface area contributed by atoms with Gasteiger partial charge in [0, 0.05) is 5.92 Å². The molecule has 4 aliphatic rings. The standard InChI is InChI=1S/C35H29BrN2O8/c1-35-24(31(41)38(34(35)45)19-8-4-3-5-9-19)16-23-21(28(35)18-14-25(36)29(39)26(15-18)46-2)11-12-22-27(23)32(42)37(30(22)40)20-10-6-7-17(13-20)33(43)44/h3-11,13-15,22-24,27-28,39H,12,16H2,1-2H3,(H,43,44)/t22-,23+,24-,27-,28-,35+/m0/s1. The molecule has 3 aromatic rings. The van der Waals surface area contributed by atoms with Gasteiger partial charge in [-0.15, -0.1) is 0 Å². The molecule has 2 aliphatic heterocycles. The molecule has 0 unspecified atom stereocenters. The summed E-state index contributed by atoms with van der Waals surface area (Å²) in [5, 5.41) is 20.2. The van der Waals surface area contributed by atoms with E-state index < -0.39 is 52.8 Å². The van der Waals surface area contributed by atoms with E-state index in [0.717, 1.165) is 10.5 Å². The van der Waals surface area contributed by atoms with E-state index in [0.29, 0.717) is 15.7 Å². The van der Waals surface area contributed by atoms with Crippen LogP contribution in [-0.2, 0) is 19.2 Å². The molecular formula is C35H29BrN2O8. The molecule has 0 aromatic heterocycles. The second-order valence-electron chi connectivity index (χ2n) is 12.4. The molecule has 0 spiro atoms. The maximum absolute atomic E-state index is 14.5. The summed E-state index contributed by atoms with van der Waals surface area (Å²) in [6.07, 6.45) is 2.33. The van der Waals surface area contributed by atoms with Gasteiger partial charge in [-0.05, 0) is 89.6 Å². The molecule has 4 amide bonds. The molecule has 2 N–H and O–H groups in total. The summed E-state index contributed by atoms with van der Waals surface area (Å²) in [6, 6.07) is 17.8. The van der Waals surface area contributed by atoms with Crippen LogP contribution in [0, 0.1) is 29.1 Å². The highest BCUT2D eigenvalue weighted by atomic mass is 79.9. The molecule has 1 saturated carbocycles. The van der Waals surface area contributed by atoms with E-state index in [9.17, 15) is 34.2 Å². The van der Waals surface area contributed by atoms with Crippen LogP contribution in [0.2, 0.25) is 0 Å². The molecule has 7 rings (SSSR count). The number of fused-ring (bicyclic) bond motifs is 4. The van der Waals surface area contributed by atoms with Gasteiger partial charge in [-0.1, -0.05) is 35.9 Å². The number of ether oxygens (including phenoxy) is 1. The summed E-state index contributed by atoms with van der Waals surface area (Å²) in [4.78, 5) is 70.8. The van der Waals surface area contributed by atoms with Crippen LogP contribution in [0.15, 0.2) is 82.9 Å². The Hall–Kier alpha value is -4.77. The molecule has 2 aliphatic carbocycles. The Kier molecular flexibility index (Phi) is 6.93. The number of allylic oxidation sites excluding steroid dienone is 2. The fraction of sp³-hybridized carbons (Fsp3) is 0.286. The number of imide groups is 2. The Bertz CT molecular complexity index is 1890. The quantitative estimate of drug-likeness (QED) is 0.273. The first kappa shape index (κ1) is 29.9. The number of halogens is 1. The Labute approximate surface area is 272 Å².